The third kappa shape index (κ3) is 2.21. The Labute approximate surface area is 106 Å². The van der Waals surface area contributed by atoms with Gasteiger partial charge in [0.05, 0.1) is 0 Å². The van der Waals surface area contributed by atoms with E-state index < -0.39 is 0 Å². The first-order valence-corrected chi connectivity index (χ1v) is 6.86. The highest BCUT2D eigenvalue weighted by Gasteiger charge is 2.37. The fourth-order valence-corrected chi connectivity index (χ4v) is 2.92. The van der Waals surface area contributed by atoms with Crippen molar-refractivity contribution in [3.8, 4) is 0 Å². The molecular weight excluding hydrogens is 238 g/mol. The first-order valence-electron chi connectivity index (χ1n) is 5.57. The van der Waals surface area contributed by atoms with Crippen molar-refractivity contribution < 1.29 is 0 Å². The lowest BCUT2D eigenvalue weighted by molar-refractivity contribution is 0.236. The molecule has 0 aromatic carbocycles. The Bertz CT molecular complexity index is 363. The molecular formula is C11H17N3S2. The maximum Gasteiger partial charge on any atom is 0.185 e. The summed E-state index contributed by atoms with van der Waals surface area (Å²) in [6.45, 7) is 5.27. The van der Waals surface area contributed by atoms with Crippen molar-refractivity contribution in [3.63, 3.8) is 0 Å². The third-order valence-electron chi connectivity index (χ3n) is 2.71. The molecule has 2 N–H and O–H groups in total. The molecule has 1 aliphatic rings. The van der Waals surface area contributed by atoms with E-state index in [0.717, 1.165) is 18.1 Å². The number of hydrogen-bond donors (Lipinski definition) is 2. The highest BCUT2D eigenvalue weighted by molar-refractivity contribution is 7.80. The Morgan fingerprint density at radius 1 is 1.56 bits per heavy atom. The standard InChI is InChI=1S/C11H17N3S2/c1-3-4-7-14-10(15)12-11(2,13-14)9-6-5-8-16-9/h5-6,8,13H,3-4,7H2,1-2H3,(H,12,15)/t11-/m0/s1. The Balaban J connectivity index is 2.08. The maximum absolute atomic E-state index is 5.33. The first-order chi connectivity index (χ1) is 7.65. The Kier molecular flexibility index (Phi) is 3.47. The summed E-state index contributed by atoms with van der Waals surface area (Å²) in [6, 6.07) is 4.18. The van der Waals surface area contributed by atoms with Crippen molar-refractivity contribution >= 4 is 28.7 Å². The molecule has 0 saturated carbocycles. The zero-order valence-electron chi connectivity index (χ0n) is 9.62. The summed E-state index contributed by atoms with van der Waals surface area (Å²) in [5.74, 6) is 0. The van der Waals surface area contributed by atoms with E-state index in [2.05, 4.69) is 42.1 Å². The van der Waals surface area contributed by atoms with Gasteiger partial charge in [0, 0.05) is 11.4 Å². The quantitative estimate of drug-likeness (QED) is 0.808. The van der Waals surface area contributed by atoms with Gasteiger partial charge in [-0.1, -0.05) is 19.4 Å². The zero-order valence-corrected chi connectivity index (χ0v) is 11.3. The summed E-state index contributed by atoms with van der Waals surface area (Å²) in [4.78, 5) is 1.26. The number of thiophene rings is 1. The van der Waals surface area contributed by atoms with Gasteiger partial charge in [-0.2, -0.15) is 0 Å². The van der Waals surface area contributed by atoms with Crippen LogP contribution in [0.1, 0.15) is 31.6 Å². The van der Waals surface area contributed by atoms with Crippen LogP contribution in [0.2, 0.25) is 0 Å². The summed E-state index contributed by atoms with van der Waals surface area (Å²) in [5, 5.41) is 8.27. The molecule has 0 unspecified atom stereocenters. The molecule has 0 amide bonds. The molecule has 1 aromatic rings. The number of nitrogens with one attached hydrogen (secondary N) is 2. The van der Waals surface area contributed by atoms with Crippen LogP contribution in [0.4, 0.5) is 0 Å². The normalized spacial score (nSPS) is 24.9. The van der Waals surface area contributed by atoms with Crippen LogP contribution in [0.15, 0.2) is 17.5 Å². The summed E-state index contributed by atoms with van der Waals surface area (Å²) in [7, 11) is 0. The second-order valence-electron chi connectivity index (χ2n) is 4.15. The van der Waals surface area contributed by atoms with Gasteiger partial charge in [-0.05, 0) is 37.0 Å². The van der Waals surface area contributed by atoms with E-state index >= 15 is 0 Å². The molecule has 16 heavy (non-hydrogen) atoms. The van der Waals surface area contributed by atoms with Gasteiger partial charge in [-0.25, -0.2) is 5.43 Å². The molecule has 2 heterocycles. The Morgan fingerprint density at radius 3 is 3.00 bits per heavy atom. The third-order valence-corrected chi connectivity index (χ3v) is 4.12. The lowest BCUT2D eigenvalue weighted by Crippen LogP contribution is -2.45. The Hall–Kier alpha value is -0.650. The molecule has 0 radical (unpaired) electrons. The average Bonchev–Trinajstić information content (AvgIpc) is 2.84. The largest absolute Gasteiger partial charge is 0.338 e. The number of hydrogen-bond acceptors (Lipinski definition) is 3. The smallest absolute Gasteiger partial charge is 0.185 e. The molecule has 1 saturated heterocycles. The van der Waals surface area contributed by atoms with E-state index in [-0.39, 0.29) is 5.66 Å². The molecule has 88 valence electrons. The van der Waals surface area contributed by atoms with Crippen LogP contribution in [0.5, 0.6) is 0 Å². The van der Waals surface area contributed by atoms with Crippen molar-refractivity contribution in [2.45, 2.75) is 32.4 Å². The van der Waals surface area contributed by atoms with Gasteiger partial charge in [0.15, 0.2) is 5.11 Å². The van der Waals surface area contributed by atoms with Crippen molar-refractivity contribution in [2.75, 3.05) is 6.54 Å². The molecule has 2 rings (SSSR count). The van der Waals surface area contributed by atoms with Crippen molar-refractivity contribution in [3.05, 3.63) is 22.4 Å². The molecule has 0 aliphatic carbocycles. The molecule has 5 heteroatoms. The van der Waals surface area contributed by atoms with Crippen LogP contribution < -0.4 is 10.7 Å². The molecule has 0 spiro atoms. The zero-order chi connectivity index (χ0) is 11.6. The van der Waals surface area contributed by atoms with Crippen LogP contribution in [-0.4, -0.2) is 16.7 Å². The van der Waals surface area contributed by atoms with Crippen LogP contribution in [0, 0.1) is 0 Å². The minimum absolute atomic E-state index is 0.237. The van der Waals surface area contributed by atoms with Gasteiger partial charge in [0.25, 0.3) is 0 Å². The highest BCUT2D eigenvalue weighted by atomic mass is 32.1. The molecule has 1 aromatic heterocycles. The monoisotopic (exact) mass is 255 g/mol. The predicted octanol–water partition coefficient (Wildman–Crippen LogP) is 2.42. The number of hydrazine groups is 1. The highest BCUT2D eigenvalue weighted by Crippen LogP contribution is 2.26. The summed E-state index contributed by atoms with van der Waals surface area (Å²) in [6.07, 6.45) is 2.33. The van der Waals surface area contributed by atoms with Crippen molar-refractivity contribution in [1.82, 2.24) is 15.8 Å². The van der Waals surface area contributed by atoms with Crippen LogP contribution in [-0.2, 0) is 5.66 Å². The number of nitrogens with zero attached hydrogens (tertiary/aromatic N) is 1. The van der Waals surface area contributed by atoms with E-state index in [4.69, 9.17) is 12.2 Å². The number of thiocarbonyl (C=S) groups is 1. The maximum atomic E-state index is 5.33. The van der Waals surface area contributed by atoms with Gasteiger partial charge >= 0.3 is 0 Å². The van der Waals surface area contributed by atoms with Crippen molar-refractivity contribution in [1.29, 1.82) is 0 Å². The molecule has 3 nitrogen and oxygen atoms in total. The molecule has 1 aliphatic heterocycles. The predicted molar refractivity (Wildman–Crippen MR) is 72.2 cm³/mol. The van der Waals surface area contributed by atoms with Gasteiger partial charge in [0.1, 0.15) is 5.66 Å². The topological polar surface area (TPSA) is 27.3 Å². The van der Waals surface area contributed by atoms with Gasteiger partial charge in [0.2, 0.25) is 0 Å². The minimum atomic E-state index is -0.237. The Morgan fingerprint density at radius 2 is 2.38 bits per heavy atom. The molecule has 1 fully saturated rings. The van der Waals surface area contributed by atoms with Crippen LogP contribution in [0.25, 0.3) is 0 Å². The summed E-state index contributed by atoms with van der Waals surface area (Å²) >= 11 is 7.07. The summed E-state index contributed by atoms with van der Waals surface area (Å²) in [5.41, 5.74) is 3.21. The fraction of sp³-hybridized carbons (Fsp3) is 0.545. The van der Waals surface area contributed by atoms with Gasteiger partial charge in [-0.15, -0.1) is 11.3 Å². The van der Waals surface area contributed by atoms with E-state index in [1.807, 2.05) is 5.01 Å². The molecule has 0 bridgehead atoms. The lowest BCUT2D eigenvalue weighted by atomic mass is 10.2. The second-order valence-corrected chi connectivity index (χ2v) is 5.48. The van der Waals surface area contributed by atoms with Gasteiger partial charge in [-0.3, -0.25) is 5.01 Å². The first kappa shape index (κ1) is 11.8. The van der Waals surface area contributed by atoms with Crippen LogP contribution >= 0.6 is 23.6 Å². The lowest BCUT2D eigenvalue weighted by Gasteiger charge is -2.24. The molecule has 1 atom stereocenters. The van der Waals surface area contributed by atoms with Crippen LogP contribution in [0.3, 0.4) is 0 Å². The van der Waals surface area contributed by atoms with Gasteiger partial charge < -0.3 is 5.32 Å². The fourth-order valence-electron chi connectivity index (χ4n) is 1.78. The van der Waals surface area contributed by atoms with E-state index in [1.165, 1.54) is 11.3 Å². The summed E-state index contributed by atoms with van der Waals surface area (Å²) < 4.78 is 0. The van der Waals surface area contributed by atoms with Crippen molar-refractivity contribution in [2.24, 2.45) is 0 Å². The number of unbranched alkanes of at least 4 members (excludes halogenated alkanes) is 1. The number of rotatable bonds is 4. The minimum Gasteiger partial charge on any atom is -0.338 e. The van der Waals surface area contributed by atoms with E-state index in [0.29, 0.717) is 0 Å². The second kappa shape index (κ2) is 4.69. The average molecular weight is 255 g/mol. The SMILES string of the molecule is CCCCN1N[C@@](C)(c2cccs2)NC1=S. The van der Waals surface area contributed by atoms with E-state index in [1.54, 1.807) is 11.3 Å². The van der Waals surface area contributed by atoms with E-state index in [9.17, 15) is 0 Å².